The van der Waals surface area contributed by atoms with Crippen molar-refractivity contribution in [3.8, 4) is 5.75 Å². The third-order valence-corrected chi connectivity index (χ3v) is 4.26. The van der Waals surface area contributed by atoms with E-state index in [9.17, 15) is 0 Å². The first kappa shape index (κ1) is 14.7. The molecule has 1 nitrogen and oxygen atoms in total. The molecule has 0 fully saturated rings. The predicted octanol–water partition coefficient (Wildman–Crippen LogP) is 5.95. The van der Waals surface area contributed by atoms with Crippen LogP contribution in [0.25, 0.3) is 0 Å². The Morgan fingerprint density at radius 3 is 2.26 bits per heavy atom. The van der Waals surface area contributed by atoms with Gasteiger partial charge in [-0.05, 0) is 49.2 Å². The van der Waals surface area contributed by atoms with E-state index in [4.69, 9.17) is 27.9 Å². The van der Waals surface area contributed by atoms with Gasteiger partial charge in [0.25, 0.3) is 0 Å². The molecule has 2 aromatic carbocycles. The van der Waals surface area contributed by atoms with Crippen molar-refractivity contribution in [2.45, 2.75) is 20.5 Å². The highest BCUT2D eigenvalue weighted by Crippen LogP contribution is 2.27. The Morgan fingerprint density at radius 2 is 1.68 bits per heavy atom. The summed E-state index contributed by atoms with van der Waals surface area (Å²) in [6.07, 6.45) is 0. The highest BCUT2D eigenvalue weighted by Gasteiger charge is 2.06. The van der Waals surface area contributed by atoms with Gasteiger partial charge in [0.2, 0.25) is 0 Å². The summed E-state index contributed by atoms with van der Waals surface area (Å²) in [4.78, 5) is 0. The quantitative estimate of drug-likeness (QED) is 0.657. The van der Waals surface area contributed by atoms with Crippen LogP contribution >= 0.6 is 39.1 Å². The number of hydrogen-bond acceptors (Lipinski definition) is 1. The van der Waals surface area contributed by atoms with E-state index in [2.05, 4.69) is 15.9 Å². The second-order valence-corrected chi connectivity index (χ2v) is 6.10. The fraction of sp³-hybridized carbons (Fsp3) is 0.200. The van der Waals surface area contributed by atoms with Crippen LogP contribution in [-0.4, -0.2) is 0 Å². The zero-order valence-electron chi connectivity index (χ0n) is 10.6. The van der Waals surface area contributed by atoms with E-state index in [1.54, 1.807) is 0 Å². The fourth-order valence-corrected chi connectivity index (χ4v) is 2.63. The SMILES string of the molecule is Cc1cc(OCc2ccc(Br)cc2Cl)cc(C)c1Cl. The molecule has 100 valence electrons. The van der Waals surface area contributed by atoms with Crippen LogP contribution in [0.5, 0.6) is 5.75 Å². The van der Waals surface area contributed by atoms with E-state index >= 15 is 0 Å². The van der Waals surface area contributed by atoms with Crippen molar-refractivity contribution < 1.29 is 4.74 Å². The Hall–Kier alpha value is -0.700. The van der Waals surface area contributed by atoms with Gasteiger partial charge in [-0.1, -0.05) is 45.2 Å². The van der Waals surface area contributed by atoms with Crippen LogP contribution in [0.1, 0.15) is 16.7 Å². The molecule has 0 amide bonds. The number of benzene rings is 2. The molecule has 19 heavy (non-hydrogen) atoms. The minimum Gasteiger partial charge on any atom is -0.489 e. The Bertz CT molecular complexity index is 588. The van der Waals surface area contributed by atoms with Gasteiger partial charge in [0.1, 0.15) is 12.4 Å². The molecule has 0 spiro atoms. The Morgan fingerprint density at radius 1 is 1.05 bits per heavy atom. The van der Waals surface area contributed by atoms with Gasteiger partial charge in [0.15, 0.2) is 0 Å². The molecule has 0 aliphatic heterocycles. The molecule has 0 heterocycles. The molecule has 0 unspecified atom stereocenters. The summed E-state index contributed by atoms with van der Waals surface area (Å²) in [6.45, 7) is 4.37. The average molecular weight is 360 g/mol. The maximum Gasteiger partial charge on any atom is 0.120 e. The topological polar surface area (TPSA) is 9.23 Å². The van der Waals surface area contributed by atoms with Crippen LogP contribution in [0.3, 0.4) is 0 Å². The third kappa shape index (κ3) is 3.65. The van der Waals surface area contributed by atoms with Gasteiger partial charge >= 0.3 is 0 Å². The van der Waals surface area contributed by atoms with E-state index in [1.165, 1.54) is 0 Å². The summed E-state index contributed by atoms with van der Waals surface area (Å²) in [5, 5.41) is 1.48. The molecule has 0 N–H and O–H groups in total. The molecule has 0 aliphatic rings. The third-order valence-electron chi connectivity index (χ3n) is 2.82. The number of halogens is 3. The summed E-state index contributed by atoms with van der Waals surface area (Å²) in [6, 6.07) is 9.62. The molecule has 2 aromatic rings. The van der Waals surface area contributed by atoms with Crippen LogP contribution in [0.4, 0.5) is 0 Å². The van der Waals surface area contributed by atoms with Crippen molar-refractivity contribution >= 4 is 39.1 Å². The van der Waals surface area contributed by atoms with Gasteiger partial charge < -0.3 is 4.74 Å². The van der Waals surface area contributed by atoms with Crippen molar-refractivity contribution in [2.24, 2.45) is 0 Å². The smallest absolute Gasteiger partial charge is 0.120 e. The second kappa shape index (κ2) is 6.17. The minimum atomic E-state index is 0.437. The van der Waals surface area contributed by atoms with Gasteiger partial charge in [-0.3, -0.25) is 0 Å². The molecular formula is C15H13BrCl2O. The summed E-state index contributed by atoms with van der Waals surface area (Å²) in [5.41, 5.74) is 2.98. The molecule has 0 saturated heterocycles. The molecule has 0 saturated carbocycles. The Kier molecular flexibility index (Phi) is 4.77. The number of rotatable bonds is 3. The van der Waals surface area contributed by atoms with Gasteiger partial charge in [0.05, 0.1) is 0 Å². The zero-order chi connectivity index (χ0) is 14.0. The molecule has 4 heteroatoms. The lowest BCUT2D eigenvalue weighted by molar-refractivity contribution is 0.306. The second-order valence-electron chi connectivity index (χ2n) is 4.40. The molecule has 0 bridgehead atoms. The lowest BCUT2D eigenvalue weighted by Gasteiger charge is -2.11. The highest BCUT2D eigenvalue weighted by atomic mass is 79.9. The van der Waals surface area contributed by atoms with Crippen LogP contribution in [0.15, 0.2) is 34.8 Å². The summed E-state index contributed by atoms with van der Waals surface area (Å²) >= 11 is 15.7. The van der Waals surface area contributed by atoms with Crippen LogP contribution in [0.2, 0.25) is 10.0 Å². The van der Waals surface area contributed by atoms with E-state index in [0.717, 1.165) is 31.9 Å². The van der Waals surface area contributed by atoms with Gasteiger partial charge in [-0.15, -0.1) is 0 Å². The van der Waals surface area contributed by atoms with Gasteiger partial charge in [-0.2, -0.15) is 0 Å². The lowest BCUT2D eigenvalue weighted by atomic mass is 10.1. The largest absolute Gasteiger partial charge is 0.489 e. The van der Waals surface area contributed by atoms with E-state index < -0.39 is 0 Å². The van der Waals surface area contributed by atoms with Gasteiger partial charge in [-0.25, -0.2) is 0 Å². The Balaban J connectivity index is 2.14. The first-order chi connectivity index (χ1) is 8.97. The molecule has 0 aromatic heterocycles. The number of aryl methyl sites for hydroxylation is 2. The number of ether oxygens (including phenoxy) is 1. The molecule has 0 aliphatic carbocycles. The monoisotopic (exact) mass is 358 g/mol. The number of hydrogen-bond donors (Lipinski definition) is 0. The average Bonchev–Trinajstić information content (AvgIpc) is 2.34. The summed E-state index contributed by atoms with van der Waals surface area (Å²) < 4.78 is 6.73. The maximum atomic E-state index is 6.15. The summed E-state index contributed by atoms with van der Waals surface area (Å²) in [5.74, 6) is 0.804. The normalized spacial score (nSPS) is 10.6. The van der Waals surface area contributed by atoms with Crippen molar-refractivity contribution in [3.63, 3.8) is 0 Å². The van der Waals surface area contributed by atoms with Crippen LogP contribution < -0.4 is 4.74 Å². The molecule has 0 atom stereocenters. The predicted molar refractivity (Wildman–Crippen MR) is 84.4 cm³/mol. The van der Waals surface area contributed by atoms with Crippen molar-refractivity contribution in [3.05, 3.63) is 61.5 Å². The Labute approximate surface area is 131 Å². The van der Waals surface area contributed by atoms with E-state index in [-0.39, 0.29) is 0 Å². The van der Waals surface area contributed by atoms with E-state index in [0.29, 0.717) is 11.6 Å². The highest BCUT2D eigenvalue weighted by molar-refractivity contribution is 9.10. The zero-order valence-corrected chi connectivity index (χ0v) is 13.7. The molecular weight excluding hydrogens is 347 g/mol. The van der Waals surface area contributed by atoms with Crippen molar-refractivity contribution in [1.29, 1.82) is 0 Å². The standard InChI is InChI=1S/C15H13BrCl2O/c1-9-5-13(6-10(2)15(9)18)19-8-11-3-4-12(16)7-14(11)17/h3-7H,8H2,1-2H3. The maximum absolute atomic E-state index is 6.15. The van der Waals surface area contributed by atoms with E-state index in [1.807, 2.05) is 44.2 Å². The first-order valence-corrected chi connectivity index (χ1v) is 7.35. The summed E-state index contributed by atoms with van der Waals surface area (Å²) in [7, 11) is 0. The van der Waals surface area contributed by atoms with Crippen molar-refractivity contribution in [1.82, 2.24) is 0 Å². The van der Waals surface area contributed by atoms with Crippen LogP contribution in [0, 0.1) is 13.8 Å². The fourth-order valence-electron chi connectivity index (χ4n) is 1.79. The lowest BCUT2D eigenvalue weighted by Crippen LogP contribution is -1.97. The molecule has 2 rings (SSSR count). The molecule has 0 radical (unpaired) electrons. The van der Waals surface area contributed by atoms with Crippen LogP contribution in [-0.2, 0) is 6.61 Å². The van der Waals surface area contributed by atoms with Gasteiger partial charge in [0, 0.05) is 20.1 Å². The minimum absolute atomic E-state index is 0.437. The van der Waals surface area contributed by atoms with Crippen molar-refractivity contribution in [2.75, 3.05) is 0 Å². The first-order valence-electron chi connectivity index (χ1n) is 5.81.